The number of hydrogen-bond acceptors (Lipinski definition) is 2. The highest BCUT2D eigenvalue weighted by Gasteiger charge is 2.10. The van der Waals surface area contributed by atoms with Gasteiger partial charge in [-0.05, 0) is 44.7 Å². The van der Waals surface area contributed by atoms with Crippen molar-refractivity contribution in [2.45, 2.75) is 26.5 Å². The van der Waals surface area contributed by atoms with E-state index in [1.807, 2.05) is 25.2 Å². The van der Waals surface area contributed by atoms with Crippen LogP contribution in [-0.2, 0) is 6.61 Å². The molecule has 2 nitrogen and oxygen atoms in total. The first-order valence-electron chi connectivity index (χ1n) is 6.75. The van der Waals surface area contributed by atoms with Crippen molar-refractivity contribution in [2.24, 2.45) is 0 Å². The summed E-state index contributed by atoms with van der Waals surface area (Å²) >= 11 is 0. The summed E-state index contributed by atoms with van der Waals surface area (Å²) < 4.78 is 19.0. The van der Waals surface area contributed by atoms with E-state index in [1.54, 1.807) is 6.07 Å². The molecule has 0 saturated carbocycles. The Morgan fingerprint density at radius 2 is 2.00 bits per heavy atom. The number of benzene rings is 2. The standard InChI is InChI=1S/C17H20FNO/c1-12-7-8-17(16(9-12)13(2)19-3)20-11-14-5-4-6-15(18)10-14/h4-10,13,19H,11H2,1-3H3. The molecule has 0 saturated heterocycles. The maximum atomic E-state index is 13.1. The van der Waals surface area contributed by atoms with Gasteiger partial charge >= 0.3 is 0 Å². The van der Waals surface area contributed by atoms with Crippen molar-refractivity contribution in [2.75, 3.05) is 7.05 Å². The molecule has 1 N–H and O–H groups in total. The minimum absolute atomic E-state index is 0.206. The van der Waals surface area contributed by atoms with Crippen LogP contribution in [-0.4, -0.2) is 7.05 Å². The monoisotopic (exact) mass is 273 g/mol. The second-order valence-electron chi connectivity index (χ2n) is 4.97. The van der Waals surface area contributed by atoms with Gasteiger partial charge in [0.15, 0.2) is 0 Å². The average Bonchev–Trinajstić information content (AvgIpc) is 2.45. The number of rotatable bonds is 5. The van der Waals surface area contributed by atoms with Crippen LogP contribution in [0.5, 0.6) is 5.75 Å². The molecule has 0 amide bonds. The van der Waals surface area contributed by atoms with Gasteiger partial charge in [0.2, 0.25) is 0 Å². The molecule has 0 spiro atoms. The Bertz CT molecular complexity index is 583. The van der Waals surface area contributed by atoms with Crippen LogP contribution >= 0.6 is 0 Å². The summed E-state index contributed by atoms with van der Waals surface area (Å²) in [5.41, 5.74) is 3.14. The van der Waals surface area contributed by atoms with Crippen molar-refractivity contribution in [3.63, 3.8) is 0 Å². The van der Waals surface area contributed by atoms with Gasteiger partial charge in [0.25, 0.3) is 0 Å². The van der Waals surface area contributed by atoms with E-state index in [4.69, 9.17) is 4.74 Å². The smallest absolute Gasteiger partial charge is 0.124 e. The molecule has 0 aliphatic carbocycles. The van der Waals surface area contributed by atoms with Crippen molar-refractivity contribution >= 4 is 0 Å². The van der Waals surface area contributed by atoms with E-state index in [9.17, 15) is 4.39 Å². The summed E-state index contributed by atoms with van der Waals surface area (Å²) in [7, 11) is 1.92. The number of nitrogens with one attached hydrogen (secondary N) is 1. The van der Waals surface area contributed by atoms with E-state index >= 15 is 0 Å². The second kappa shape index (κ2) is 6.53. The van der Waals surface area contributed by atoms with Crippen LogP contribution in [0.1, 0.15) is 29.7 Å². The number of hydrogen-bond donors (Lipinski definition) is 1. The molecular formula is C17H20FNO. The van der Waals surface area contributed by atoms with Gasteiger partial charge in [0.1, 0.15) is 18.2 Å². The third-order valence-electron chi connectivity index (χ3n) is 3.35. The van der Waals surface area contributed by atoms with Crippen LogP contribution in [0.4, 0.5) is 4.39 Å². The van der Waals surface area contributed by atoms with Gasteiger partial charge in [-0.15, -0.1) is 0 Å². The average molecular weight is 273 g/mol. The Balaban J connectivity index is 2.16. The topological polar surface area (TPSA) is 21.3 Å². The highest BCUT2D eigenvalue weighted by Crippen LogP contribution is 2.27. The molecule has 0 aromatic heterocycles. The van der Waals surface area contributed by atoms with Crippen LogP contribution < -0.4 is 10.1 Å². The largest absolute Gasteiger partial charge is 0.489 e. The molecule has 2 rings (SSSR count). The Morgan fingerprint density at radius 1 is 1.20 bits per heavy atom. The molecule has 0 bridgehead atoms. The van der Waals surface area contributed by atoms with Gasteiger partial charge in [-0.3, -0.25) is 0 Å². The van der Waals surface area contributed by atoms with Crippen LogP contribution in [0.25, 0.3) is 0 Å². The van der Waals surface area contributed by atoms with Crippen molar-refractivity contribution in [3.05, 3.63) is 65.0 Å². The van der Waals surface area contributed by atoms with Crippen LogP contribution in [0.15, 0.2) is 42.5 Å². The maximum absolute atomic E-state index is 13.1. The Hall–Kier alpha value is -1.87. The van der Waals surface area contributed by atoms with Gasteiger partial charge in [-0.25, -0.2) is 4.39 Å². The van der Waals surface area contributed by atoms with Gasteiger partial charge in [-0.1, -0.05) is 29.8 Å². The van der Waals surface area contributed by atoms with E-state index < -0.39 is 0 Å². The molecule has 0 fully saturated rings. The van der Waals surface area contributed by atoms with Crippen molar-refractivity contribution in [1.82, 2.24) is 5.32 Å². The van der Waals surface area contributed by atoms with Gasteiger partial charge in [0.05, 0.1) is 0 Å². The SMILES string of the molecule is CNC(C)c1cc(C)ccc1OCc1cccc(F)c1. The first-order valence-corrected chi connectivity index (χ1v) is 6.75. The van der Waals surface area contributed by atoms with Gasteiger partial charge in [0, 0.05) is 11.6 Å². The lowest BCUT2D eigenvalue weighted by molar-refractivity contribution is 0.299. The molecule has 0 heterocycles. The van der Waals surface area contributed by atoms with E-state index in [1.165, 1.54) is 17.7 Å². The molecule has 2 aromatic carbocycles. The molecule has 20 heavy (non-hydrogen) atoms. The summed E-state index contributed by atoms with van der Waals surface area (Å²) in [5, 5.41) is 3.22. The third-order valence-corrected chi connectivity index (χ3v) is 3.35. The predicted octanol–water partition coefficient (Wildman–Crippen LogP) is 3.99. The van der Waals surface area contributed by atoms with Crippen molar-refractivity contribution in [1.29, 1.82) is 0 Å². The predicted molar refractivity (Wildman–Crippen MR) is 79.4 cm³/mol. The summed E-state index contributed by atoms with van der Waals surface area (Å²) in [6.45, 7) is 4.51. The van der Waals surface area contributed by atoms with Crippen molar-refractivity contribution < 1.29 is 9.13 Å². The molecule has 0 aliphatic rings. The van der Waals surface area contributed by atoms with E-state index in [2.05, 4.69) is 25.2 Å². The molecular weight excluding hydrogens is 253 g/mol. The summed E-state index contributed by atoms with van der Waals surface area (Å²) in [6, 6.07) is 12.8. The van der Waals surface area contributed by atoms with Crippen LogP contribution in [0.3, 0.4) is 0 Å². The highest BCUT2D eigenvalue weighted by atomic mass is 19.1. The molecule has 0 radical (unpaired) electrons. The normalized spacial score (nSPS) is 12.2. The molecule has 3 heteroatoms. The lowest BCUT2D eigenvalue weighted by Gasteiger charge is -2.17. The number of aryl methyl sites for hydroxylation is 1. The zero-order chi connectivity index (χ0) is 14.5. The quantitative estimate of drug-likeness (QED) is 0.889. The fourth-order valence-corrected chi connectivity index (χ4v) is 2.08. The van der Waals surface area contributed by atoms with E-state index in [-0.39, 0.29) is 11.9 Å². The maximum Gasteiger partial charge on any atom is 0.124 e. The fourth-order valence-electron chi connectivity index (χ4n) is 2.08. The van der Waals surface area contributed by atoms with Crippen LogP contribution in [0, 0.1) is 12.7 Å². The Morgan fingerprint density at radius 3 is 2.70 bits per heavy atom. The minimum atomic E-state index is -0.237. The second-order valence-corrected chi connectivity index (χ2v) is 4.97. The molecule has 1 unspecified atom stereocenters. The molecule has 106 valence electrons. The number of halogens is 1. The zero-order valence-corrected chi connectivity index (χ0v) is 12.1. The van der Waals surface area contributed by atoms with E-state index in [0.29, 0.717) is 6.61 Å². The summed E-state index contributed by atoms with van der Waals surface area (Å²) in [5.74, 6) is 0.598. The molecule has 1 atom stereocenters. The lowest BCUT2D eigenvalue weighted by atomic mass is 10.0. The zero-order valence-electron chi connectivity index (χ0n) is 12.1. The van der Waals surface area contributed by atoms with Gasteiger partial charge < -0.3 is 10.1 Å². The minimum Gasteiger partial charge on any atom is -0.489 e. The molecule has 0 aliphatic heterocycles. The molecule has 2 aromatic rings. The van der Waals surface area contributed by atoms with Gasteiger partial charge in [-0.2, -0.15) is 0 Å². The number of ether oxygens (including phenoxy) is 1. The summed E-state index contributed by atoms with van der Waals surface area (Å²) in [4.78, 5) is 0. The van der Waals surface area contributed by atoms with Crippen LogP contribution in [0.2, 0.25) is 0 Å². The summed E-state index contributed by atoms with van der Waals surface area (Å²) in [6.07, 6.45) is 0. The Kier molecular flexibility index (Phi) is 4.74. The third kappa shape index (κ3) is 3.58. The van der Waals surface area contributed by atoms with E-state index in [0.717, 1.165) is 16.9 Å². The Labute approximate surface area is 119 Å². The fraction of sp³-hybridized carbons (Fsp3) is 0.294. The highest BCUT2D eigenvalue weighted by molar-refractivity contribution is 5.39. The first kappa shape index (κ1) is 14.5. The van der Waals surface area contributed by atoms with Crippen molar-refractivity contribution in [3.8, 4) is 5.75 Å². The lowest BCUT2D eigenvalue weighted by Crippen LogP contribution is -2.14. The first-order chi connectivity index (χ1) is 9.60.